The molecule has 2 heterocycles. The maximum atomic E-state index is 13.1. The van der Waals surface area contributed by atoms with Crippen LogP contribution in [0.2, 0.25) is 0 Å². The van der Waals surface area contributed by atoms with Crippen molar-refractivity contribution in [3.8, 4) is 0 Å². The number of aromatic nitrogens is 1. The average Bonchev–Trinajstić information content (AvgIpc) is 2.98. The van der Waals surface area contributed by atoms with Crippen molar-refractivity contribution in [2.75, 3.05) is 0 Å². The standard InChI is InChI=1S/C20H14FN3O2S/c21-14-7-5-12(6-8-14)10-24-11-13(15-3-1-2-4-17(15)24)9-16-18(25)22-20(27)23-19(16)26/h1-9,11H,10H2,(H2,22,23,25,26,27). The number of nitrogens with zero attached hydrogens (tertiary/aromatic N) is 1. The molecule has 2 N–H and O–H groups in total. The number of hydrogen-bond donors (Lipinski definition) is 2. The van der Waals surface area contributed by atoms with Crippen LogP contribution in [0.15, 0.2) is 60.3 Å². The molecular weight excluding hydrogens is 365 g/mol. The largest absolute Gasteiger partial charge is 0.342 e. The van der Waals surface area contributed by atoms with Gasteiger partial charge >= 0.3 is 0 Å². The summed E-state index contributed by atoms with van der Waals surface area (Å²) in [6, 6.07) is 14.0. The van der Waals surface area contributed by atoms with E-state index in [0.717, 1.165) is 22.0 Å². The fourth-order valence-corrected chi connectivity index (χ4v) is 3.25. The van der Waals surface area contributed by atoms with Gasteiger partial charge in [0, 0.05) is 29.2 Å². The van der Waals surface area contributed by atoms with Crippen molar-refractivity contribution < 1.29 is 14.0 Å². The normalized spacial score (nSPS) is 14.3. The Hall–Kier alpha value is -3.32. The van der Waals surface area contributed by atoms with E-state index >= 15 is 0 Å². The van der Waals surface area contributed by atoms with Crippen LogP contribution in [0.4, 0.5) is 4.39 Å². The lowest BCUT2D eigenvalue weighted by atomic mass is 10.1. The minimum absolute atomic E-state index is 0.000822. The van der Waals surface area contributed by atoms with E-state index in [0.29, 0.717) is 6.54 Å². The highest BCUT2D eigenvalue weighted by Crippen LogP contribution is 2.25. The first-order chi connectivity index (χ1) is 13.0. The Bertz CT molecular complexity index is 1090. The first kappa shape index (κ1) is 17.1. The average molecular weight is 379 g/mol. The summed E-state index contributed by atoms with van der Waals surface area (Å²) in [6.07, 6.45) is 3.42. The van der Waals surface area contributed by atoms with E-state index < -0.39 is 11.8 Å². The van der Waals surface area contributed by atoms with Gasteiger partial charge in [-0.3, -0.25) is 20.2 Å². The molecule has 134 valence electrons. The Labute approximate surface area is 159 Å². The maximum absolute atomic E-state index is 13.1. The summed E-state index contributed by atoms with van der Waals surface area (Å²) in [6.45, 7) is 0.534. The smallest absolute Gasteiger partial charge is 0.263 e. The number of carbonyl (C=O) groups excluding carboxylic acids is 2. The van der Waals surface area contributed by atoms with Crippen LogP contribution in [0.25, 0.3) is 17.0 Å². The Kier molecular flexibility index (Phi) is 4.29. The quantitative estimate of drug-likeness (QED) is 0.418. The van der Waals surface area contributed by atoms with Gasteiger partial charge in [-0.2, -0.15) is 0 Å². The molecule has 3 aromatic rings. The second-order valence-corrected chi connectivity index (χ2v) is 6.56. The molecule has 1 aromatic heterocycles. The van der Waals surface area contributed by atoms with Crippen molar-refractivity contribution >= 4 is 46.1 Å². The fraction of sp³-hybridized carbons (Fsp3) is 0.0500. The molecule has 27 heavy (non-hydrogen) atoms. The van der Waals surface area contributed by atoms with Crippen LogP contribution in [-0.2, 0) is 16.1 Å². The van der Waals surface area contributed by atoms with Gasteiger partial charge in [0.15, 0.2) is 5.11 Å². The first-order valence-corrected chi connectivity index (χ1v) is 8.63. The predicted octanol–water partition coefficient (Wildman–Crippen LogP) is 2.74. The molecule has 4 rings (SSSR count). The highest BCUT2D eigenvalue weighted by Gasteiger charge is 2.26. The molecule has 1 aliphatic heterocycles. The number of rotatable bonds is 3. The van der Waals surface area contributed by atoms with Gasteiger partial charge in [0.05, 0.1) is 0 Å². The van der Waals surface area contributed by atoms with E-state index in [1.54, 1.807) is 18.2 Å². The molecule has 0 spiro atoms. The SMILES string of the molecule is O=C1NC(=S)NC(=O)C1=Cc1cn(Cc2ccc(F)cc2)c2ccccc12. The molecule has 0 unspecified atom stereocenters. The summed E-state index contributed by atoms with van der Waals surface area (Å²) >= 11 is 4.82. The molecule has 2 aromatic carbocycles. The number of hydrogen-bond acceptors (Lipinski definition) is 3. The molecule has 1 aliphatic rings. The van der Waals surface area contributed by atoms with Crippen molar-refractivity contribution in [3.63, 3.8) is 0 Å². The molecule has 1 saturated heterocycles. The molecule has 7 heteroatoms. The third-order valence-electron chi connectivity index (χ3n) is 4.33. The number of fused-ring (bicyclic) bond motifs is 1. The minimum atomic E-state index is -0.529. The Balaban J connectivity index is 1.77. The van der Waals surface area contributed by atoms with E-state index in [9.17, 15) is 14.0 Å². The van der Waals surface area contributed by atoms with E-state index in [4.69, 9.17) is 12.2 Å². The Morgan fingerprint density at radius 3 is 2.37 bits per heavy atom. The molecule has 0 aliphatic carbocycles. The third-order valence-corrected chi connectivity index (χ3v) is 4.53. The summed E-state index contributed by atoms with van der Waals surface area (Å²) in [5.74, 6) is -1.34. The summed E-state index contributed by atoms with van der Waals surface area (Å²) in [7, 11) is 0. The summed E-state index contributed by atoms with van der Waals surface area (Å²) < 4.78 is 15.1. The predicted molar refractivity (Wildman–Crippen MR) is 104 cm³/mol. The Morgan fingerprint density at radius 2 is 1.67 bits per heavy atom. The zero-order valence-electron chi connectivity index (χ0n) is 14.0. The number of carbonyl (C=O) groups is 2. The zero-order valence-corrected chi connectivity index (χ0v) is 14.8. The van der Waals surface area contributed by atoms with Gasteiger partial charge in [-0.1, -0.05) is 30.3 Å². The van der Waals surface area contributed by atoms with Gasteiger partial charge in [-0.15, -0.1) is 0 Å². The van der Waals surface area contributed by atoms with E-state index in [1.165, 1.54) is 12.1 Å². The van der Waals surface area contributed by atoms with Crippen molar-refractivity contribution in [1.82, 2.24) is 15.2 Å². The molecule has 0 bridgehead atoms. The summed E-state index contributed by atoms with van der Waals surface area (Å²) in [5.41, 5.74) is 2.62. The number of thiocarbonyl (C=S) groups is 1. The molecule has 0 radical (unpaired) electrons. The number of halogens is 1. The van der Waals surface area contributed by atoms with Crippen LogP contribution in [0.3, 0.4) is 0 Å². The maximum Gasteiger partial charge on any atom is 0.263 e. The van der Waals surface area contributed by atoms with Crippen LogP contribution in [0.1, 0.15) is 11.1 Å². The van der Waals surface area contributed by atoms with Crippen molar-refractivity contribution in [2.24, 2.45) is 0 Å². The van der Waals surface area contributed by atoms with Crippen LogP contribution in [-0.4, -0.2) is 21.5 Å². The molecule has 0 atom stereocenters. The number of amides is 2. The Morgan fingerprint density at radius 1 is 1.00 bits per heavy atom. The van der Waals surface area contributed by atoms with Gasteiger partial charge in [-0.05, 0) is 42.1 Å². The van der Waals surface area contributed by atoms with Crippen molar-refractivity contribution in [1.29, 1.82) is 0 Å². The van der Waals surface area contributed by atoms with E-state index in [-0.39, 0.29) is 16.5 Å². The molecule has 5 nitrogen and oxygen atoms in total. The molecule has 0 saturated carbocycles. The lowest BCUT2D eigenvalue weighted by Crippen LogP contribution is -2.51. The second-order valence-electron chi connectivity index (χ2n) is 6.15. The van der Waals surface area contributed by atoms with Crippen LogP contribution < -0.4 is 10.6 Å². The summed E-state index contributed by atoms with van der Waals surface area (Å²) in [4.78, 5) is 24.2. The van der Waals surface area contributed by atoms with E-state index in [2.05, 4.69) is 10.6 Å². The summed E-state index contributed by atoms with van der Waals surface area (Å²) in [5, 5.41) is 5.76. The lowest BCUT2D eigenvalue weighted by Gasteiger charge is -2.16. The third kappa shape index (κ3) is 3.37. The second kappa shape index (κ2) is 6.77. The topological polar surface area (TPSA) is 63.1 Å². The lowest BCUT2D eigenvalue weighted by molar-refractivity contribution is -0.123. The van der Waals surface area contributed by atoms with Gasteiger partial charge in [0.1, 0.15) is 11.4 Å². The van der Waals surface area contributed by atoms with Crippen LogP contribution >= 0.6 is 12.2 Å². The highest BCUT2D eigenvalue weighted by molar-refractivity contribution is 7.80. The molecular formula is C20H14FN3O2S. The van der Waals surface area contributed by atoms with Gasteiger partial charge in [0.25, 0.3) is 11.8 Å². The van der Waals surface area contributed by atoms with Crippen molar-refractivity contribution in [3.05, 3.63) is 77.2 Å². The molecule has 1 fully saturated rings. The highest BCUT2D eigenvalue weighted by atomic mass is 32.1. The monoisotopic (exact) mass is 379 g/mol. The van der Waals surface area contributed by atoms with Crippen molar-refractivity contribution in [2.45, 2.75) is 6.54 Å². The number of benzene rings is 2. The number of para-hydroxylation sites is 1. The van der Waals surface area contributed by atoms with Crippen LogP contribution in [0.5, 0.6) is 0 Å². The minimum Gasteiger partial charge on any atom is -0.342 e. The van der Waals surface area contributed by atoms with Crippen LogP contribution in [0, 0.1) is 5.82 Å². The van der Waals surface area contributed by atoms with Gasteiger partial charge < -0.3 is 4.57 Å². The fourth-order valence-electron chi connectivity index (χ4n) is 3.07. The van der Waals surface area contributed by atoms with E-state index in [1.807, 2.05) is 35.0 Å². The molecule has 2 amide bonds. The number of nitrogens with one attached hydrogen (secondary N) is 2. The zero-order chi connectivity index (χ0) is 19.0. The van der Waals surface area contributed by atoms with Gasteiger partial charge in [0.2, 0.25) is 0 Å². The van der Waals surface area contributed by atoms with Gasteiger partial charge in [-0.25, -0.2) is 4.39 Å². The first-order valence-electron chi connectivity index (χ1n) is 8.22.